The van der Waals surface area contributed by atoms with Gasteiger partial charge in [0.25, 0.3) is 0 Å². The first-order chi connectivity index (χ1) is 29.8. The van der Waals surface area contributed by atoms with Gasteiger partial charge in [-0.1, -0.05) is 157 Å². The van der Waals surface area contributed by atoms with E-state index in [0.717, 1.165) is 84.5 Å². The van der Waals surface area contributed by atoms with Gasteiger partial charge in [-0.15, -0.1) is 29.3 Å². The van der Waals surface area contributed by atoms with Crippen molar-refractivity contribution in [1.82, 2.24) is 14.5 Å². The van der Waals surface area contributed by atoms with Gasteiger partial charge in [0.1, 0.15) is 11.6 Å². The minimum atomic E-state index is -2.17. The summed E-state index contributed by atoms with van der Waals surface area (Å²) in [6.45, 7) is 17.5. The Labute approximate surface area is 381 Å². The van der Waals surface area contributed by atoms with Gasteiger partial charge in [0.2, 0.25) is 0 Å². The normalized spacial score (nSPS) is 12.9. The van der Waals surface area contributed by atoms with Gasteiger partial charge in [-0.3, -0.25) is 9.55 Å². The number of para-hydroxylation sites is 1. The zero-order valence-corrected chi connectivity index (χ0v) is 38.9. The van der Waals surface area contributed by atoms with E-state index < -0.39 is 6.85 Å². The van der Waals surface area contributed by atoms with Crippen molar-refractivity contribution in [3.63, 3.8) is 0 Å². The van der Waals surface area contributed by atoms with Crippen LogP contribution in [0.3, 0.4) is 0 Å². The van der Waals surface area contributed by atoms with Crippen LogP contribution in [0.1, 0.15) is 87.3 Å². The van der Waals surface area contributed by atoms with E-state index in [1.165, 1.54) is 5.56 Å². The Morgan fingerprint density at radius 1 is 0.689 bits per heavy atom. The van der Waals surface area contributed by atoms with Crippen molar-refractivity contribution in [3.8, 4) is 67.5 Å². The molecule has 0 aliphatic heterocycles. The number of aryl methyl sites for hydroxylation is 2. The molecule has 5 heteroatoms. The molecular weight excluding hydrogens is 926 g/mol. The maximum Gasteiger partial charge on any atom is 0.148 e. The summed E-state index contributed by atoms with van der Waals surface area (Å²) in [5.74, 6) is 1.36. The van der Waals surface area contributed by atoms with Gasteiger partial charge in [-0.25, -0.2) is 4.98 Å². The fourth-order valence-corrected chi connectivity index (χ4v) is 8.06. The second kappa shape index (κ2) is 17.1. The second-order valence-corrected chi connectivity index (χ2v) is 18.7. The van der Waals surface area contributed by atoms with Crippen LogP contribution >= 0.6 is 0 Å². The molecule has 0 radical (unpaired) electrons. The second-order valence-electron chi connectivity index (χ2n) is 18.7. The molecule has 0 bridgehead atoms. The Morgan fingerprint density at radius 3 is 2.08 bits per heavy atom. The van der Waals surface area contributed by atoms with Crippen molar-refractivity contribution in [2.45, 2.75) is 86.4 Å². The number of hydrogen-bond acceptors (Lipinski definition) is 3. The predicted molar refractivity (Wildman–Crippen MR) is 252 cm³/mol. The monoisotopic (exact) mass is 984 g/mol. The maximum atomic E-state index is 12.0. The molecule has 0 fully saturated rings. The molecule has 1 N–H and O–H groups in total. The quantitative estimate of drug-likeness (QED) is 0.154. The van der Waals surface area contributed by atoms with Crippen LogP contribution in [0, 0.1) is 25.8 Å². The standard InChI is InChI=1S/C56H56N3O.Pt/c1-35(2)27-38-21-24-50(47(29-38)40-15-12-11-13-16-40)59-51-18-14-17-46(52(51)58-54(59)48-34-44(55(5,6)7)28-37(4)53(48)60)42-30-43(32-45(31-42)56(8,9)10)49-33-41(25-26-57-49)39-22-19-36(3)20-23-39;/h11-26,28-29,31-35,60H,27H2,1-10H3;/q-1;/i3D3;. The van der Waals surface area contributed by atoms with Gasteiger partial charge in [0.05, 0.1) is 22.3 Å². The molecule has 0 saturated carbocycles. The Kier molecular flexibility index (Phi) is 11.1. The number of aromatic nitrogens is 3. The summed E-state index contributed by atoms with van der Waals surface area (Å²) in [4.78, 5) is 10.4. The molecule has 0 atom stereocenters. The first-order valence-electron chi connectivity index (χ1n) is 22.5. The van der Waals surface area contributed by atoms with Crippen LogP contribution in [0.4, 0.5) is 0 Å². The van der Waals surface area contributed by atoms with Gasteiger partial charge in [0, 0.05) is 42.6 Å². The van der Waals surface area contributed by atoms with Gasteiger partial charge in [-0.2, -0.15) is 0 Å². The van der Waals surface area contributed by atoms with Crippen LogP contribution in [-0.4, -0.2) is 19.6 Å². The molecule has 0 unspecified atom stereocenters. The number of rotatable bonds is 8. The summed E-state index contributed by atoms with van der Waals surface area (Å²) in [6.07, 6.45) is 2.75. The van der Waals surface area contributed by atoms with Gasteiger partial charge in [-0.05, 0) is 101 Å². The van der Waals surface area contributed by atoms with Crippen molar-refractivity contribution >= 4 is 11.0 Å². The van der Waals surface area contributed by atoms with E-state index in [1.54, 1.807) is 18.3 Å². The smallest absolute Gasteiger partial charge is 0.148 e. The van der Waals surface area contributed by atoms with E-state index in [-0.39, 0.29) is 37.6 Å². The fraction of sp³-hybridized carbons (Fsp3) is 0.250. The molecule has 6 aromatic carbocycles. The molecule has 0 aliphatic carbocycles. The molecule has 0 spiro atoms. The minimum absolute atomic E-state index is 0. The molecule has 2 heterocycles. The largest absolute Gasteiger partial charge is 0.507 e. The third-order valence-corrected chi connectivity index (χ3v) is 11.4. The van der Waals surface area contributed by atoms with E-state index in [9.17, 15) is 5.11 Å². The number of phenolic OH excluding ortho intramolecular Hbond substituents is 1. The number of pyridine rings is 1. The number of hydrogen-bond donors (Lipinski definition) is 1. The van der Waals surface area contributed by atoms with Crippen LogP contribution in [0.25, 0.3) is 72.7 Å². The van der Waals surface area contributed by atoms with Gasteiger partial charge >= 0.3 is 0 Å². The summed E-state index contributed by atoms with van der Waals surface area (Å²) in [6, 6.07) is 47.0. The minimum Gasteiger partial charge on any atom is -0.507 e. The third kappa shape index (κ3) is 8.93. The average Bonchev–Trinajstić information content (AvgIpc) is 3.63. The van der Waals surface area contributed by atoms with Crippen molar-refractivity contribution in [2.75, 3.05) is 0 Å². The molecule has 0 amide bonds. The molecule has 8 aromatic rings. The van der Waals surface area contributed by atoms with E-state index in [2.05, 4.69) is 151 Å². The number of imidazole rings is 1. The SMILES string of the molecule is [2H]C([2H])([2H])c1ccc(-c2ccnc(-c3[c-]c(-c4cccc5c4nc(-c4cc(C(C)(C)C)cc(C)c4O)n5-c4ccc(CC(C)C)cc4-c4ccccc4)cc(C(C)(C)C)c3)c2)cc1.[Pt]. The number of nitrogens with zero attached hydrogens (tertiary/aromatic N) is 3. The maximum absolute atomic E-state index is 12.0. The van der Waals surface area contributed by atoms with Crippen molar-refractivity contribution in [2.24, 2.45) is 5.92 Å². The Bertz CT molecular complexity index is 2970. The Hall–Kier alpha value is -5.57. The molecule has 4 nitrogen and oxygen atoms in total. The van der Waals surface area contributed by atoms with Gasteiger partial charge < -0.3 is 5.11 Å². The zero-order valence-electron chi connectivity index (χ0n) is 39.6. The molecule has 61 heavy (non-hydrogen) atoms. The van der Waals surface area contributed by atoms with Crippen LogP contribution < -0.4 is 0 Å². The summed E-state index contributed by atoms with van der Waals surface area (Å²) in [5.41, 5.74) is 15.0. The Morgan fingerprint density at radius 2 is 1.39 bits per heavy atom. The topological polar surface area (TPSA) is 50.9 Å². The van der Waals surface area contributed by atoms with Crippen molar-refractivity contribution in [1.29, 1.82) is 0 Å². The van der Waals surface area contributed by atoms with E-state index in [1.807, 2.05) is 37.3 Å². The summed E-state index contributed by atoms with van der Waals surface area (Å²) < 4.78 is 25.7. The van der Waals surface area contributed by atoms with Crippen LogP contribution in [0.5, 0.6) is 5.75 Å². The molecule has 0 saturated heterocycles. The molecule has 8 rings (SSSR count). The van der Waals surface area contributed by atoms with Crippen LogP contribution in [0.2, 0.25) is 0 Å². The van der Waals surface area contributed by atoms with E-state index >= 15 is 0 Å². The molecule has 312 valence electrons. The predicted octanol–water partition coefficient (Wildman–Crippen LogP) is 14.7. The van der Waals surface area contributed by atoms with E-state index in [4.69, 9.17) is 14.1 Å². The van der Waals surface area contributed by atoms with Crippen LogP contribution in [-0.2, 0) is 38.3 Å². The number of benzene rings is 6. The number of fused-ring (bicyclic) bond motifs is 1. The van der Waals surface area contributed by atoms with Crippen LogP contribution in [0.15, 0.2) is 134 Å². The summed E-state index contributed by atoms with van der Waals surface area (Å²) >= 11 is 0. The number of aromatic hydroxyl groups is 1. The summed E-state index contributed by atoms with van der Waals surface area (Å²) in [7, 11) is 0. The van der Waals surface area contributed by atoms with Crippen molar-refractivity contribution < 1.29 is 30.3 Å². The van der Waals surface area contributed by atoms with Gasteiger partial charge in [0.15, 0.2) is 0 Å². The average molecular weight is 985 g/mol. The Balaban J connectivity index is 0.00000612. The number of phenols is 1. The molecular formula is C56H56N3OPt-. The fourth-order valence-electron chi connectivity index (χ4n) is 8.06. The first kappa shape index (κ1) is 39.6. The first-order valence-corrected chi connectivity index (χ1v) is 21.0. The summed E-state index contributed by atoms with van der Waals surface area (Å²) in [5, 5.41) is 12.0. The van der Waals surface area contributed by atoms with Crippen molar-refractivity contribution in [3.05, 3.63) is 167 Å². The molecule has 0 aliphatic rings. The zero-order chi connectivity index (χ0) is 45.0. The third-order valence-electron chi connectivity index (χ3n) is 11.4. The molecule has 2 aromatic heterocycles. The van der Waals surface area contributed by atoms with E-state index in [0.29, 0.717) is 22.9 Å².